The zero-order valence-corrected chi connectivity index (χ0v) is 7.17. The van der Waals surface area contributed by atoms with Crippen LogP contribution < -0.4 is 0 Å². The summed E-state index contributed by atoms with van der Waals surface area (Å²) in [4.78, 5) is 2.51. The lowest BCUT2D eigenvalue weighted by Gasteiger charge is -2.37. The summed E-state index contributed by atoms with van der Waals surface area (Å²) in [7, 11) is 6.97. The summed E-state index contributed by atoms with van der Waals surface area (Å²) in [6.45, 7) is 2.68. The molecule has 2 bridgehead atoms. The predicted molar refractivity (Wildman–Crippen MR) is 41.8 cm³/mol. The van der Waals surface area contributed by atoms with E-state index >= 15 is 0 Å². The number of rotatable bonds is 0. The van der Waals surface area contributed by atoms with Crippen LogP contribution in [0.4, 0.5) is 0 Å². The summed E-state index contributed by atoms with van der Waals surface area (Å²) in [6.07, 6.45) is 1.43. The van der Waals surface area contributed by atoms with Gasteiger partial charge in [0.1, 0.15) is 6.04 Å². The average Bonchev–Trinajstić information content (AvgIpc) is 2.21. The molecular weight excluding hydrogens is 124 g/mol. The topological polar surface area (TPSA) is 3.24 Å². The van der Waals surface area contributed by atoms with Crippen LogP contribution in [0.25, 0.3) is 0 Å². The molecule has 2 fully saturated rings. The van der Waals surface area contributed by atoms with Crippen LogP contribution in [0.15, 0.2) is 0 Å². The number of quaternary nitrogens is 1. The fourth-order valence-corrected chi connectivity index (χ4v) is 2.46. The molecule has 2 heterocycles. The van der Waals surface area contributed by atoms with Gasteiger partial charge in [0, 0.05) is 6.42 Å². The summed E-state index contributed by atoms with van der Waals surface area (Å²) in [5.74, 6) is 0. The van der Waals surface area contributed by atoms with Gasteiger partial charge in [-0.05, 0) is 7.05 Å². The fourth-order valence-electron chi connectivity index (χ4n) is 2.46. The van der Waals surface area contributed by atoms with Crippen molar-refractivity contribution in [1.82, 2.24) is 4.90 Å². The Balaban J connectivity index is 2.16. The van der Waals surface area contributed by atoms with Gasteiger partial charge in [0.05, 0.1) is 33.2 Å². The molecule has 2 heteroatoms. The van der Waals surface area contributed by atoms with Gasteiger partial charge >= 0.3 is 0 Å². The first-order chi connectivity index (χ1) is 4.59. The largest absolute Gasteiger partial charge is 0.324 e. The molecule has 2 aliphatic heterocycles. The van der Waals surface area contributed by atoms with Crippen molar-refractivity contribution in [2.24, 2.45) is 0 Å². The van der Waals surface area contributed by atoms with Gasteiger partial charge in [-0.1, -0.05) is 0 Å². The first-order valence-corrected chi connectivity index (χ1v) is 4.12. The molecule has 2 saturated heterocycles. The van der Waals surface area contributed by atoms with Crippen molar-refractivity contribution in [3.8, 4) is 0 Å². The predicted octanol–water partition coefficient (Wildman–Crippen LogP) is 0.149. The summed E-state index contributed by atoms with van der Waals surface area (Å²) in [5.41, 5.74) is 0. The van der Waals surface area contributed by atoms with E-state index in [9.17, 15) is 0 Å². The smallest absolute Gasteiger partial charge is 0.103 e. The first-order valence-electron chi connectivity index (χ1n) is 4.12. The van der Waals surface area contributed by atoms with E-state index in [0.717, 1.165) is 12.1 Å². The van der Waals surface area contributed by atoms with Crippen molar-refractivity contribution in [1.29, 1.82) is 0 Å². The fraction of sp³-hybridized carbons (Fsp3) is 1.00. The second-order valence-electron chi connectivity index (χ2n) is 4.44. The van der Waals surface area contributed by atoms with E-state index in [1.54, 1.807) is 0 Å². The highest BCUT2D eigenvalue weighted by Crippen LogP contribution is 2.32. The molecular formula is C8H17N2+. The molecule has 2 aliphatic rings. The highest BCUT2D eigenvalue weighted by atomic mass is 15.4. The lowest BCUT2D eigenvalue weighted by molar-refractivity contribution is -0.906. The molecule has 0 amide bonds. The maximum atomic E-state index is 2.51. The van der Waals surface area contributed by atoms with Crippen LogP contribution in [0.5, 0.6) is 0 Å². The van der Waals surface area contributed by atoms with E-state index in [1.165, 1.54) is 24.0 Å². The van der Waals surface area contributed by atoms with E-state index in [0.29, 0.717) is 0 Å². The first kappa shape index (κ1) is 6.62. The Morgan fingerprint density at radius 2 is 2.10 bits per heavy atom. The summed E-state index contributed by atoms with van der Waals surface area (Å²) < 4.78 is 1.26. The quantitative estimate of drug-likeness (QED) is 0.434. The lowest BCUT2D eigenvalue weighted by Crippen LogP contribution is -2.53. The number of fused-ring (bicyclic) bond motifs is 2. The van der Waals surface area contributed by atoms with Gasteiger partial charge in [0.25, 0.3) is 0 Å². The van der Waals surface area contributed by atoms with Crippen molar-refractivity contribution in [2.75, 3.05) is 34.2 Å². The minimum atomic E-state index is 0.889. The molecule has 0 saturated carbocycles. The standard InChI is InChI=1S/C8H17N2/c1-9-5-8-4-7(9)6-10(8,2)3/h7-8H,4-6H2,1-3H3/q+1/t7-,8-/m1/s1. The summed E-state index contributed by atoms with van der Waals surface area (Å²) >= 11 is 0. The van der Waals surface area contributed by atoms with Gasteiger partial charge in [0.2, 0.25) is 0 Å². The maximum Gasteiger partial charge on any atom is 0.103 e. The Kier molecular flexibility index (Phi) is 1.15. The van der Waals surface area contributed by atoms with E-state index in [2.05, 4.69) is 26.0 Å². The minimum absolute atomic E-state index is 0.889. The molecule has 0 aromatic carbocycles. The van der Waals surface area contributed by atoms with Crippen molar-refractivity contribution in [2.45, 2.75) is 18.5 Å². The number of hydrogen-bond acceptors (Lipinski definition) is 1. The van der Waals surface area contributed by atoms with Crippen LogP contribution in [0.3, 0.4) is 0 Å². The van der Waals surface area contributed by atoms with Crippen LogP contribution in [0.2, 0.25) is 0 Å². The Morgan fingerprint density at radius 1 is 1.40 bits per heavy atom. The van der Waals surface area contributed by atoms with Crippen molar-refractivity contribution >= 4 is 0 Å². The molecule has 0 unspecified atom stereocenters. The molecule has 2 atom stereocenters. The zero-order chi connectivity index (χ0) is 7.35. The molecule has 10 heavy (non-hydrogen) atoms. The third-order valence-corrected chi connectivity index (χ3v) is 3.34. The number of likely N-dealkylation sites (tertiary alicyclic amines) is 2. The van der Waals surface area contributed by atoms with Gasteiger partial charge in [-0.15, -0.1) is 0 Å². The van der Waals surface area contributed by atoms with E-state index < -0.39 is 0 Å². The second kappa shape index (κ2) is 1.74. The van der Waals surface area contributed by atoms with E-state index in [-0.39, 0.29) is 0 Å². The Morgan fingerprint density at radius 3 is 2.40 bits per heavy atom. The molecule has 2 rings (SSSR count). The molecule has 2 nitrogen and oxygen atoms in total. The van der Waals surface area contributed by atoms with Crippen molar-refractivity contribution in [3.63, 3.8) is 0 Å². The van der Waals surface area contributed by atoms with E-state index in [4.69, 9.17) is 0 Å². The minimum Gasteiger partial charge on any atom is -0.324 e. The third kappa shape index (κ3) is 0.722. The third-order valence-electron chi connectivity index (χ3n) is 3.34. The molecule has 0 spiro atoms. The van der Waals surface area contributed by atoms with Gasteiger partial charge in [0.15, 0.2) is 0 Å². The zero-order valence-electron chi connectivity index (χ0n) is 7.17. The summed E-state index contributed by atoms with van der Waals surface area (Å²) in [5, 5.41) is 0. The van der Waals surface area contributed by atoms with Crippen molar-refractivity contribution in [3.05, 3.63) is 0 Å². The highest BCUT2D eigenvalue weighted by molar-refractivity contribution is 4.89. The molecule has 0 radical (unpaired) electrons. The number of likely N-dealkylation sites (N-methyl/N-ethyl adjacent to an activating group) is 2. The van der Waals surface area contributed by atoms with Crippen LogP contribution >= 0.6 is 0 Å². The van der Waals surface area contributed by atoms with Crippen LogP contribution in [0, 0.1) is 0 Å². The van der Waals surface area contributed by atoms with E-state index in [1.807, 2.05) is 0 Å². The molecule has 0 aromatic rings. The van der Waals surface area contributed by atoms with Gasteiger partial charge in [-0.25, -0.2) is 0 Å². The van der Waals surface area contributed by atoms with Crippen LogP contribution in [-0.2, 0) is 0 Å². The molecule has 0 aromatic heterocycles. The summed E-state index contributed by atoms with van der Waals surface area (Å²) in [6, 6.07) is 1.81. The normalized spacial score (nSPS) is 44.7. The number of nitrogens with zero attached hydrogens (tertiary/aromatic N) is 2. The average molecular weight is 141 g/mol. The molecule has 0 aliphatic carbocycles. The van der Waals surface area contributed by atoms with Gasteiger partial charge < -0.3 is 4.48 Å². The monoisotopic (exact) mass is 141 g/mol. The second-order valence-corrected chi connectivity index (χ2v) is 4.44. The Labute approximate surface area is 63.0 Å². The number of piperazine rings is 1. The SMILES string of the molecule is CN1C[C@H]2C[C@@H]1C[N+]2(C)C. The Bertz CT molecular complexity index is 151. The molecule has 0 N–H and O–H groups in total. The molecule has 58 valence electrons. The highest BCUT2D eigenvalue weighted by Gasteiger charge is 2.48. The van der Waals surface area contributed by atoms with Crippen LogP contribution in [-0.4, -0.2) is 55.7 Å². The van der Waals surface area contributed by atoms with Crippen molar-refractivity contribution < 1.29 is 4.48 Å². The van der Waals surface area contributed by atoms with Crippen LogP contribution in [0.1, 0.15) is 6.42 Å². The Hall–Kier alpha value is -0.0800. The van der Waals surface area contributed by atoms with Gasteiger partial charge in [-0.3, -0.25) is 4.90 Å². The lowest BCUT2D eigenvalue weighted by atomic mass is 10.2. The van der Waals surface area contributed by atoms with Gasteiger partial charge in [-0.2, -0.15) is 0 Å². The maximum absolute atomic E-state index is 2.51. The number of hydrogen-bond donors (Lipinski definition) is 0.